The summed E-state index contributed by atoms with van der Waals surface area (Å²) in [6.45, 7) is 9.42. The van der Waals surface area contributed by atoms with Gasteiger partial charge in [-0.2, -0.15) is 0 Å². The third-order valence-corrected chi connectivity index (χ3v) is 5.16. The van der Waals surface area contributed by atoms with Crippen LogP contribution in [0.2, 0.25) is 0 Å². The number of rotatable bonds is 2. The van der Waals surface area contributed by atoms with Crippen molar-refractivity contribution in [3.8, 4) is 0 Å². The van der Waals surface area contributed by atoms with Gasteiger partial charge >= 0.3 is 0 Å². The van der Waals surface area contributed by atoms with Crippen molar-refractivity contribution in [1.82, 2.24) is 0 Å². The second kappa shape index (κ2) is 3.83. The molecule has 0 aromatic carbocycles. The second-order valence-corrected chi connectivity index (χ2v) is 8.07. The lowest BCUT2D eigenvalue weighted by Crippen LogP contribution is -1.99. The molecule has 1 rings (SSSR count). The number of allylic oxidation sites excluding steroid dienone is 4. The topological polar surface area (TPSA) is 0 Å². The van der Waals surface area contributed by atoms with Gasteiger partial charge in [0.1, 0.15) is 0 Å². The lowest BCUT2D eigenvalue weighted by Gasteiger charge is -2.20. The minimum Gasteiger partial charge on any atom is -0.101 e. The summed E-state index contributed by atoms with van der Waals surface area (Å²) in [5.41, 5.74) is 0.797. The standard InChI is InChI=1S/C9H16P2/c1-10(2)8-6-5-7-9(8)11(3)4/h5-8H,1-4H3. The molecule has 0 radical (unpaired) electrons. The Morgan fingerprint density at radius 3 is 2.18 bits per heavy atom. The lowest BCUT2D eigenvalue weighted by molar-refractivity contribution is 1.39. The molecular weight excluding hydrogens is 170 g/mol. The van der Waals surface area contributed by atoms with E-state index in [0.717, 1.165) is 5.66 Å². The molecule has 1 atom stereocenters. The maximum atomic E-state index is 2.36. The average molecular weight is 186 g/mol. The molecule has 0 fully saturated rings. The zero-order valence-corrected chi connectivity index (χ0v) is 9.49. The van der Waals surface area contributed by atoms with E-state index >= 15 is 0 Å². The highest BCUT2D eigenvalue weighted by Gasteiger charge is 2.19. The Hall–Kier alpha value is 0.340. The van der Waals surface area contributed by atoms with Gasteiger partial charge in [-0.25, -0.2) is 0 Å². The van der Waals surface area contributed by atoms with Crippen LogP contribution in [0.15, 0.2) is 23.5 Å². The molecule has 0 spiro atoms. The third-order valence-electron chi connectivity index (χ3n) is 1.94. The average Bonchev–Trinajstić information content (AvgIpc) is 2.32. The summed E-state index contributed by atoms with van der Waals surface area (Å²) in [6.07, 6.45) is 6.91. The maximum Gasteiger partial charge on any atom is 0.0223 e. The molecule has 0 aliphatic heterocycles. The molecule has 1 unspecified atom stereocenters. The molecule has 0 amide bonds. The van der Waals surface area contributed by atoms with Crippen molar-refractivity contribution in [2.24, 2.45) is 0 Å². The molecule has 0 aromatic rings. The molecule has 0 saturated carbocycles. The van der Waals surface area contributed by atoms with Gasteiger partial charge in [0.2, 0.25) is 0 Å². The van der Waals surface area contributed by atoms with Crippen molar-refractivity contribution in [2.75, 3.05) is 26.7 Å². The fourth-order valence-electron chi connectivity index (χ4n) is 1.31. The molecule has 62 valence electrons. The van der Waals surface area contributed by atoms with E-state index in [1.165, 1.54) is 0 Å². The predicted octanol–water partition coefficient (Wildman–Crippen LogP) is 3.29. The first-order chi connectivity index (χ1) is 5.13. The molecule has 11 heavy (non-hydrogen) atoms. The molecule has 2 heteroatoms. The van der Waals surface area contributed by atoms with Crippen LogP contribution in [0, 0.1) is 0 Å². The van der Waals surface area contributed by atoms with Crippen molar-refractivity contribution in [1.29, 1.82) is 0 Å². The third kappa shape index (κ3) is 2.14. The first-order valence-electron chi connectivity index (χ1n) is 3.85. The van der Waals surface area contributed by atoms with E-state index in [2.05, 4.69) is 44.9 Å². The summed E-state index contributed by atoms with van der Waals surface area (Å²) in [5, 5.41) is 1.69. The minimum atomic E-state index is 0.141. The Kier molecular flexibility index (Phi) is 3.29. The van der Waals surface area contributed by atoms with Crippen LogP contribution in [-0.4, -0.2) is 32.3 Å². The Balaban J connectivity index is 2.69. The Labute approximate surface area is 72.3 Å². The van der Waals surface area contributed by atoms with Crippen molar-refractivity contribution in [3.05, 3.63) is 23.5 Å². The SMILES string of the molecule is CP(C)C1=CC=CC1P(C)C. The molecule has 1 aliphatic rings. The summed E-state index contributed by atoms with van der Waals surface area (Å²) in [5.74, 6) is 0. The summed E-state index contributed by atoms with van der Waals surface area (Å²) in [4.78, 5) is 0. The monoisotopic (exact) mass is 186 g/mol. The van der Waals surface area contributed by atoms with E-state index in [0.29, 0.717) is 0 Å². The summed E-state index contributed by atoms with van der Waals surface area (Å²) >= 11 is 0. The number of hydrogen-bond donors (Lipinski definition) is 0. The summed E-state index contributed by atoms with van der Waals surface area (Å²) < 4.78 is 0. The van der Waals surface area contributed by atoms with Gasteiger partial charge < -0.3 is 0 Å². The van der Waals surface area contributed by atoms with Gasteiger partial charge in [0.15, 0.2) is 0 Å². The summed E-state index contributed by atoms with van der Waals surface area (Å²) in [7, 11) is 0.329. The normalized spacial score (nSPS) is 23.5. The highest BCUT2D eigenvalue weighted by atomic mass is 31.1. The molecule has 1 aliphatic carbocycles. The van der Waals surface area contributed by atoms with Crippen molar-refractivity contribution in [2.45, 2.75) is 5.66 Å². The quantitative estimate of drug-likeness (QED) is 0.580. The first kappa shape index (κ1) is 9.43. The first-order valence-corrected chi connectivity index (χ1v) is 8.39. The van der Waals surface area contributed by atoms with E-state index in [1.807, 2.05) is 0 Å². The highest BCUT2D eigenvalue weighted by Crippen LogP contribution is 2.51. The molecule has 0 bridgehead atoms. The van der Waals surface area contributed by atoms with Gasteiger partial charge in [-0.1, -0.05) is 26.1 Å². The zero-order valence-electron chi connectivity index (χ0n) is 7.70. The Morgan fingerprint density at radius 1 is 1.18 bits per heavy atom. The van der Waals surface area contributed by atoms with Gasteiger partial charge in [0, 0.05) is 5.66 Å². The fourth-order valence-corrected chi connectivity index (χ4v) is 4.75. The largest absolute Gasteiger partial charge is 0.101 e. The van der Waals surface area contributed by atoms with Crippen molar-refractivity contribution < 1.29 is 0 Å². The Morgan fingerprint density at radius 2 is 1.82 bits per heavy atom. The molecular formula is C9H16P2. The van der Waals surface area contributed by atoms with E-state index < -0.39 is 0 Å². The van der Waals surface area contributed by atoms with E-state index in [1.54, 1.807) is 5.31 Å². The molecule has 0 saturated heterocycles. The van der Waals surface area contributed by atoms with Crippen LogP contribution in [0.5, 0.6) is 0 Å². The van der Waals surface area contributed by atoms with E-state index in [4.69, 9.17) is 0 Å². The molecule has 0 aromatic heterocycles. The van der Waals surface area contributed by atoms with Gasteiger partial charge in [0.05, 0.1) is 0 Å². The van der Waals surface area contributed by atoms with Gasteiger partial charge in [0.25, 0.3) is 0 Å². The summed E-state index contributed by atoms with van der Waals surface area (Å²) in [6, 6.07) is 0. The number of hydrogen-bond acceptors (Lipinski definition) is 0. The predicted molar refractivity (Wildman–Crippen MR) is 58.5 cm³/mol. The van der Waals surface area contributed by atoms with Gasteiger partial charge in [-0.3, -0.25) is 0 Å². The van der Waals surface area contributed by atoms with Gasteiger partial charge in [-0.15, -0.1) is 7.92 Å². The fraction of sp³-hybridized carbons (Fsp3) is 0.556. The van der Waals surface area contributed by atoms with E-state index in [9.17, 15) is 0 Å². The maximum absolute atomic E-state index is 2.36. The van der Waals surface area contributed by atoms with Crippen LogP contribution < -0.4 is 0 Å². The van der Waals surface area contributed by atoms with Crippen LogP contribution in [0.3, 0.4) is 0 Å². The molecule has 0 N–H and O–H groups in total. The van der Waals surface area contributed by atoms with Crippen molar-refractivity contribution in [3.63, 3.8) is 0 Å². The highest BCUT2D eigenvalue weighted by molar-refractivity contribution is 7.64. The van der Waals surface area contributed by atoms with Gasteiger partial charge in [-0.05, 0) is 32.0 Å². The molecule has 0 heterocycles. The smallest absolute Gasteiger partial charge is 0.0223 e. The van der Waals surface area contributed by atoms with Crippen LogP contribution in [0.1, 0.15) is 0 Å². The Bertz CT molecular complexity index is 190. The zero-order chi connectivity index (χ0) is 8.43. The minimum absolute atomic E-state index is 0.141. The lowest BCUT2D eigenvalue weighted by atomic mass is 10.5. The second-order valence-electron chi connectivity index (χ2n) is 3.28. The van der Waals surface area contributed by atoms with Crippen LogP contribution in [0.25, 0.3) is 0 Å². The van der Waals surface area contributed by atoms with Crippen LogP contribution >= 0.6 is 15.8 Å². The van der Waals surface area contributed by atoms with Crippen LogP contribution in [0.4, 0.5) is 0 Å². The molecule has 0 nitrogen and oxygen atoms in total. The van der Waals surface area contributed by atoms with E-state index in [-0.39, 0.29) is 15.8 Å². The van der Waals surface area contributed by atoms with Crippen molar-refractivity contribution >= 4 is 15.8 Å². The van der Waals surface area contributed by atoms with Crippen LogP contribution in [-0.2, 0) is 0 Å².